The molecule has 0 aliphatic carbocycles. The first-order chi connectivity index (χ1) is 27.5. The Morgan fingerprint density at radius 2 is 0.930 bits per heavy atom. The van der Waals surface area contributed by atoms with Gasteiger partial charge in [-0.1, -0.05) is 225 Å². The lowest BCUT2D eigenvalue weighted by atomic mass is 10.0. The first-order valence-electron chi connectivity index (χ1n) is 24.6. The second-order valence-corrected chi connectivity index (χ2v) is 19.7. The molecule has 0 aromatic rings. The zero-order valence-corrected chi connectivity index (χ0v) is 39.5. The predicted molar refractivity (Wildman–Crippen MR) is 245 cm³/mol. The van der Waals surface area contributed by atoms with E-state index in [2.05, 4.69) is 19.2 Å². The van der Waals surface area contributed by atoms with Gasteiger partial charge >= 0.3 is 7.82 Å². The topological polar surface area (TPSA) is 105 Å². The van der Waals surface area contributed by atoms with Crippen LogP contribution in [0.3, 0.4) is 0 Å². The number of carbonyl (C=O) groups excluding carboxylic acids is 1. The average Bonchev–Trinajstić information content (AvgIpc) is 3.16. The van der Waals surface area contributed by atoms with Crippen LogP contribution in [-0.4, -0.2) is 73.4 Å². The van der Waals surface area contributed by atoms with Crippen LogP contribution >= 0.6 is 7.82 Å². The van der Waals surface area contributed by atoms with Crippen LogP contribution in [0.2, 0.25) is 0 Å². The van der Waals surface area contributed by atoms with E-state index in [9.17, 15) is 19.4 Å². The molecule has 0 spiro atoms. The number of phosphoric acid groups is 1. The van der Waals surface area contributed by atoms with Gasteiger partial charge in [0.1, 0.15) is 13.2 Å². The number of carbonyl (C=O) groups is 1. The van der Waals surface area contributed by atoms with E-state index in [1.807, 2.05) is 27.2 Å². The number of aliphatic hydroxyl groups excluding tert-OH is 1. The van der Waals surface area contributed by atoms with Crippen molar-refractivity contribution in [1.29, 1.82) is 0 Å². The summed E-state index contributed by atoms with van der Waals surface area (Å²) in [5.74, 6) is -0.173. The Morgan fingerprint density at radius 1 is 0.579 bits per heavy atom. The first-order valence-corrected chi connectivity index (χ1v) is 26.1. The lowest BCUT2D eigenvalue weighted by molar-refractivity contribution is -0.870. The maximum Gasteiger partial charge on any atom is 0.472 e. The molecule has 0 heterocycles. The molecule has 3 N–H and O–H groups in total. The maximum atomic E-state index is 12.9. The third-order valence-electron chi connectivity index (χ3n) is 11.3. The van der Waals surface area contributed by atoms with Gasteiger partial charge in [0.05, 0.1) is 39.9 Å². The molecule has 0 fully saturated rings. The third-order valence-corrected chi connectivity index (χ3v) is 12.2. The van der Waals surface area contributed by atoms with Crippen molar-refractivity contribution in [3.63, 3.8) is 0 Å². The van der Waals surface area contributed by atoms with Crippen LogP contribution < -0.4 is 5.32 Å². The van der Waals surface area contributed by atoms with Gasteiger partial charge in [-0.05, 0) is 19.3 Å². The molecule has 0 aromatic carbocycles. The van der Waals surface area contributed by atoms with Gasteiger partial charge in [-0.25, -0.2) is 4.57 Å². The molecule has 9 heteroatoms. The molecule has 0 rings (SSSR count). The van der Waals surface area contributed by atoms with Crippen LogP contribution in [0.15, 0.2) is 12.2 Å². The van der Waals surface area contributed by atoms with E-state index in [1.165, 1.54) is 180 Å². The highest BCUT2D eigenvalue weighted by Gasteiger charge is 2.27. The summed E-state index contributed by atoms with van der Waals surface area (Å²) in [4.78, 5) is 23.1. The van der Waals surface area contributed by atoms with Gasteiger partial charge in [0.2, 0.25) is 5.91 Å². The number of unbranched alkanes of at least 4 members (excludes halogenated alkanes) is 32. The van der Waals surface area contributed by atoms with Crippen molar-refractivity contribution in [2.75, 3.05) is 40.9 Å². The third kappa shape index (κ3) is 43.1. The summed E-state index contributed by atoms with van der Waals surface area (Å²) in [6, 6.07) is -0.839. The van der Waals surface area contributed by atoms with Crippen molar-refractivity contribution in [1.82, 2.24) is 5.32 Å². The number of rotatable bonds is 45. The van der Waals surface area contributed by atoms with Crippen molar-refractivity contribution >= 4 is 13.7 Å². The van der Waals surface area contributed by atoms with Crippen LogP contribution in [0.1, 0.15) is 239 Å². The highest BCUT2D eigenvalue weighted by molar-refractivity contribution is 7.47. The molecule has 0 aliphatic rings. The second-order valence-electron chi connectivity index (χ2n) is 18.2. The fraction of sp³-hybridized carbons (Fsp3) is 0.938. The second kappa shape index (κ2) is 40.6. The number of aliphatic hydroxyl groups is 1. The van der Waals surface area contributed by atoms with Gasteiger partial charge in [-0.2, -0.15) is 0 Å². The van der Waals surface area contributed by atoms with E-state index in [4.69, 9.17) is 9.05 Å². The fourth-order valence-corrected chi connectivity index (χ4v) is 8.07. The molecule has 3 atom stereocenters. The summed E-state index contributed by atoms with van der Waals surface area (Å²) in [7, 11) is 1.58. The Morgan fingerprint density at radius 3 is 1.30 bits per heavy atom. The van der Waals surface area contributed by atoms with Gasteiger partial charge in [-0.15, -0.1) is 0 Å². The molecular weight excluding hydrogens is 732 g/mol. The number of quaternary nitrogens is 1. The number of allylic oxidation sites excluding steroid dienone is 1. The summed E-state index contributed by atoms with van der Waals surface area (Å²) in [6.45, 7) is 4.83. The van der Waals surface area contributed by atoms with Crippen molar-refractivity contribution < 1.29 is 32.9 Å². The number of amides is 1. The van der Waals surface area contributed by atoms with Crippen molar-refractivity contribution in [2.45, 2.75) is 251 Å². The number of nitrogens with zero attached hydrogens (tertiary/aromatic N) is 1. The lowest BCUT2D eigenvalue weighted by Crippen LogP contribution is -2.45. The number of hydrogen-bond acceptors (Lipinski definition) is 5. The summed E-state index contributed by atoms with van der Waals surface area (Å²) in [6.07, 6.45) is 47.2. The van der Waals surface area contributed by atoms with Crippen LogP contribution in [0.5, 0.6) is 0 Å². The van der Waals surface area contributed by atoms with Gasteiger partial charge in [0.25, 0.3) is 0 Å². The minimum atomic E-state index is -4.33. The summed E-state index contributed by atoms with van der Waals surface area (Å²) in [5.41, 5.74) is 0. The van der Waals surface area contributed by atoms with E-state index in [-0.39, 0.29) is 19.1 Å². The minimum absolute atomic E-state index is 0.0646. The summed E-state index contributed by atoms with van der Waals surface area (Å²) in [5, 5.41) is 13.8. The molecule has 0 saturated heterocycles. The van der Waals surface area contributed by atoms with E-state index in [0.29, 0.717) is 17.4 Å². The van der Waals surface area contributed by atoms with Gasteiger partial charge < -0.3 is 19.8 Å². The van der Waals surface area contributed by atoms with Crippen LogP contribution in [-0.2, 0) is 18.4 Å². The smallest absolute Gasteiger partial charge is 0.387 e. The Labute approximate surface area is 354 Å². The molecule has 0 radical (unpaired) electrons. The summed E-state index contributed by atoms with van der Waals surface area (Å²) >= 11 is 0. The van der Waals surface area contributed by atoms with Gasteiger partial charge in [0.15, 0.2) is 0 Å². The highest BCUT2D eigenvalue weighted by Crippen LogP contribution is 2.43. The average molecular weight is 830 g/mol. The van der Waals surface area contributed by atoms with Gasteiger partial charge in [0, 0.05) is 6.42 Å². The quantitative estimate of drug-likeness (QED) is 0.0244. The molecule has 8 nitrogen and oxygen atoms in total. The Kier molecular flexibility index (Phi) is 40.1. The lowest BCUT2D eigenvalue weighted by Gasteiger charge is -2.25. The minimum Gasteiger partial charge on any atom is -0.387 e. The molecule has 1 amide bonds. The van der Waals surface area contributed by atoms with Crippen molar-refractivity contribution in [3.8, 4) is 0 Å². The Bertz CT molecular complexity index is 942. The number of nitrogens with one attached hydrogen (secondary N) is 1. The van der Waals surface area contributed by atoms with Gasteiger partial charge in [-0.3, -0.25) is 13.8 Å². The van der Waals surface area contributed by atoms with Crippen molar-refractivity contribution in [3.05, 3.63) is 12.2 Å². The van der Waals surface area contributed by atoms with E-state index >= 15 is 0 Å². The fourth-order valence-electron chi connectivity index (χ4n) is 7.34. The van der Waals surface area contributed by atoms with Crippen molar-refractivity contribution in [2.24, 2.45) is 0 Å². The van der Waals surface area contributed by atoms with E-state index < -0.39 is 20.0 Å². The SMILES string of the molecule is CCCCCCCCCCCC/C=C/[C@@H](O)[C@H](COP(=O)(O)OCC[N+](C)(C)C)NC(=O)CCCCCCCCCCCCCCCCCCCCCCCCC. The monoisotopic (exact) mass is 830 g/mol. The van der Waals surface area contributed by atoms with Crippen LogP contribution in [0.4, 0.5) is 0 Å². The normalized spacial score (nSPS) is 14.3. The molecule has 0 bridgehead atoms. The maximum absolute atomic E-state index is 12.9. The highest BCUT2D eigenvalue weighted by atomic mass is 31.2. The van der Waals surface area contributed by atoms with E-state index in [1.54, 1.807) is 6.08 Å². The van der Waals surface area contributed by atoms with E-state index in [0.717, 1.165) is 38.5 Å². The largest absolute Gasteiger partial charge is 0.472 e. The zero-order valence-electron chi connectivity index (χ0n) is 38.6. The molecule has 1 unspecified atom stereocenters. The number of phosphoric ester groups is 1. The summed E-state index contributed by atoms with van der Waals surface area (Å²) < 4.78 is 23.6. The molecule has 57 heavy (non-hydrogen) atoms. The number of hydrogen-bond donors (Lipinski definition) is 3. The molecule has 0 aromatic heterocycles. The molecular formula is C48H98N2O6P+. The molecule has 0 saturated carbocycles. The number of likely N-dealkylation sites (N-methyl/N-ethyl adjacent to an activating group) is 1. The first kappa shape index (κ1) is 56.2. The predicted octanol–water partition coefficient (Wildman–Crippen LogP) is 13.9. The molecule has 340 valence electrons. The standard InChI is InChI=1S/C48H97N2O6P/c1-6-8-10-12-14-16-18-20-21-22-23-24-25-26-27-28-29-30-32-34-36-38-40-42-48(52)49-46(45-56-57(53,54)55-44-43-50(3,4)5)47(51)41-39-37-35-33-31-19-17-15-13-11-9-7-2/h39,41,46-47,51H,6-38,40,42-45H2,1-5H3,(H-,49,52,53,54)/p+1/b41-39+/t46-,47+/m0/s1. The Balaban J connectivity index is 4.19. The van der Waals surface area contributed by atoms with Crippen LogP contribution in [0, 0.1) is 0 Å². The molecule has 0 aliphatic heterocycles. The van der Waals surface area contributed by atoms with Crippen LogP contribution in [0.25, 0.3) is 0 Å². The zero-order chi connectivity index (χ0) is 42.1. The Hall–Kier alpha value is -0.760.